The predicted octanol–water partition coefficient (Wildman–Crippen LogP) is 0.801. The number of nitro groups is 1. The van der Waals surface area contributed by atoms with Crippen LogP contribution in [0.4, 0.5) is 22.7 Å². The quantitative estimate of drug-likeness (QED) is 0.356. The lowest BCUT2D eigenvalue weighted by Gasteiger charge is -2.05. The number of nitrogens with one attached hydrogen (secondary N) is 1. The van der Waals surface area contributed by atoms with Gasteiger partial charge in [-0.1, -0.05) is 0 Å². The molecule has 0 bridgehead atoms. The summed E-state index contributed by atoms with van der Waals surface area (Å²) in [7, 11) is 1.58. The maximum atomic E-state index is 10.6. The first-order valence-electron chi connectivity index (χ1n) is 3.58. The van der Waals surface area contributed by atoms with Gasteiger partial charge in [0.15, 0.2) is 0 Å². The fourth-order valence-electron chi connectivity index (χ4n) is 1.02. The van der Waals surface area contributed by atoms with Gasteiger partial charge in [-0.05, 0) is 12.1 Å². The minimum Gasteiger partial charge on any atom is -0.397 e. The first kappa shape index (κ1) is 9.11. The van der Waals surface area contributed by atoms with Gasteiger partial charge < -0.3 is 16.8 Å². The Kier molecular flexibility index (Phi) is 2.23. The minimum atomic E-state index is -0.558. The van der Waals surface area contributed by atoms with E-state index in [4.69, 9.17) is 11.5 Å². The Hall–Kier alpha value is -1.98. The van der Waals surface area contributed by atoms with Crippen LogP contribution >= 0.6 is 0 Å². The first-order valence-corrected chi connectivity index (χ1v) is 3.58. The summed E-state index contributed by atoms with van der Waals surface area (Å²) in [4.78, 5) is 10.0. The smallest absolute Gasteiger partial charge is 0.317 e. The highest BCUT2D eigenvalue weighted by atomic mass is 16.6. The Morgan fingerprint density at radius 2 is 2.08 bits per heavy atom. The number of nitro benzene ring substituents is 1. The van der Waals surface area contributed by atoms with Gasteiger partial charge in [-0.3, -0.25) is 10.1 Å². The zero-order valence-electron chi connectivity index (χ0n) is 7.07. The zero-order valence-corrected chi connectivity index (χ0v) is 7.07. The standard InChI is InChI=1S/C7H10N4O2/c1-10-5-3-2-4(8)6(9)7(5)11(12)13/h2-3,10H,8-9H2,1H3. The summed E-state index contributed by atoms with van der Waals surface area (Å²) in [5, 5.41) is 13.3. The van der Waals surface area contributed by atoms with Crippen LogP contribution in [0.2, 0.25) is 0 Å². The number of benzene rings is 1. The summed E-state index contributed by atoms with van der Waals surface area (Å²) in [5.74, 6) is 0. The van der Waals surface area contributed by atoms with Gasteiger partial charge in [-0.25, -0.2) is 0 Å². The van der Waals surface area contributed by atoms with Crippen LogP contribution in [0.25, 0.3) is 0 Å². The van der Waals surface area contributed by atoms with Crippen LogP contribution in [0.5, 0.6) is 0 Å². The van der Waals surface area contributed by atoms with Gasteiger partial charge in [0.25, 0.3) is 0 Å². The molecule has 13 heavy (non-hydrogen) atoms. The van der Waals surface area contributed by atoms with Gasteiger partial charge in [0, 0.05) is 7.05 Å². The molecule has 70 valence electrons. The molecule has 0 atom stereocenters. The molecule has 0 radical (unpaired) electrons. The third-order valence-corrected chi connectivity index (χ3v) is 1.70. The summed E-state index contributed by atoms with van der Waals surface area (Å²) in [6, 6.07) is 3.04. The van der Waals surface area contributed by atoms with E-state index in [0.717, 1.165) is 0 Å². The van der Waals surface area contributed by atoms with Crippen LogP contribution in [0.15, 0.2) is 12.1 Å². The summed E-state index contributed by atoms with van der Waals surface area (Å²) >= 11 is 0. The topological polar surface area (TPSA) is 107 Å². The molecule has 1 aromatic carbocycles. The molecule has 5 N–H and O–H groups in total. The number of hydrogen-bond donors (Lipinski definition) is 3. The Morgan fingerprint density at radius 3 is 2.54 bits per heavy atom. The maximum absolute atomic E-state index is 10.6. The summed E-state index contributed by atoms with van der Waals surface area (Å²) < 4.78 is 0. The van der Waals surface area contributed by atoms with Crippen LogP contribution in [0.3, 0.4) is 0 Å². The second-order valence-corrected chi connectivity index (χ2v) is 2.47. The molecule has 0 aliphatic heterocycles. The van der Waals surface area contributed by atoms with Crippen molar-refractivity contribution in [1.29, 1.82) is 0 Å². The maximum Gasteiger partial charge on any atom is 0.317 e. The van der Waals surface area contributed by atoms with Crippen molar-refractivity contribution in [2.24, 2.45) is 0 Å². The first-order chi connectivity index (χ1) is 6.07. The van der Waals surface area contributed by atoms with E-state index in [9.17, 15) is 10.1 Å². The molecule has 1 rings (SSSR count). The Morgan fingerprint density at radius 1 is 1.46 bits per heavy atom. The predicted molar refractivity (Wildman–Crippen MR) is 51.5 cm³/mol. The van der Waals surface area contributed by atoms with E-state index >= 15 is 0 Å². The van der Waals surface area contributed by atoms with E-state index in [1.165, 1.54) is 12.1 Å². The number of nitrogen functional groups attached to an aromatic ring is 2. The number of nitrogens with zero attached hydrogens (tertiary/aromatic N) is 1. The molecule has 0 saturated carbocycles. The largest absolute Gasteiger partial charge is 0.397 e. The molecule has 6 heteroatoms. The Bertz CT molecular complexity index is 351. The van der Waals surface area contributed by atoms with Crippen molar-refractivity contribution in [2.75, 3.05) is 23.8 Å². The lowest BCUT2D eigenvalue weighted by atomic mass is 10.2. The fraction of sp³-hybridized carbons (Fsp3) is 0.143. The van der Waals surface area contributed by atoms with Crippen LogP contribution < -0.4 is 16.8 Å². The highest BCUT2D eigenvalue weighted by molar-refractivity contribution is 5.83. The number of anilines is 3. The van der Waals surface area contributed by atoms with E-state index in [1.54, 1.807) is 7.05 Å². The average molecular weight is 182 g/mol. The van der Waals surface area contributed by atoms with Gasteiger partial charge >= 0.3 is 5.69 Å². The number of rotatable bonds is 2. The molecule has 1 aromatic rings. The van der Waals surface area contributed by atoms with Crippen LogP contribution in [-0.4, -0.2) is 12.0 Å². The molecule has 0 heterocycles. The Labute approximate surface area is 74.7 Å². The summed E-state index contributed by atoms with van der Waals surface area (Å²) in [6.45, 7) is 0. The molecule has 0 aliphatic rings. The van der Waals surface area contributed by atoms with Crippen LogP contribution in [0, 0.1) is 10.1 Å². The Balaban J connectivity index is 3.41. The normalized spacial score (nSPS) is 9.62. The highest BCUT2D eigenvalue weighted by Gasteiger charge is 2.18. The van der Waals surface area contributed by atoms with Crippen LogP contribution in [-0.2, 0) is 0 Å². The van der Waals surface area contributed by atoms with Gasteiger partial charge in [-0.2, -0.15) is 0 Å². The van der Waals surface area contributed by atoms with Crippen molar-refractivity contribution in [3.8, 4) is 0 Å². The van der Waals surface area contributed by atoms with Gasteiger partial charge in [-0.15, -0.1) is 0 Å². The number of hydrogen-bond acceptors (Lipinski definition) is 5. The second kappa shape index (κ2) is 3.18. The van der Waals surface area contributed by atoms with E-state index in [2.05, 4.69) is 5.32 Å². The summed E-state index contributed by atoms with van der Waals surface area (Å²) in [6.07, 6.45) is 0. The van der Waals surface area contributed by atoms with Crippen molar-refractivity contribution in [3.05, 3.63) is 22.2 Å². The van der Waals surface area contributed by atoms with Gasteiger partial charge in [0.05, 0.1) is 10.6 Å². The minimum absolute atomic E-state index is 0.00292. The molecule has 0 saturated heterocycles. The zero-order chi connectivity index (χ0) is 10.0. The summed E-state index contributed by atoms with van der Waals surface area (Å²) in [5.41, 5.74) is 11.3. The third-order valence-electron chi connectivity index (χ3n) is 1.70. The molecule has 6 nitrogen and oxygen atoms in total. The van der Waals surface area contributed by atoms with Gasteiger partial charge in [0.2, 0.25) is 0 Å². The molecule has 0 aliphatic carbocycles. The number of nitrogens with two attached hydrogens (primary N) is 2. The fourth-order valence-corrected chi connectivity index (χ4v) is 1.02. The van der Waals surface area contributed by atoms with E-state index in [0.29, 0.717) is 5.69 Å². The molecule has 0 spiro atoms. The molecular weight excluding hydrogens is 172 g/mol. The highest BCUT2D eigenvalue weighted by Crippen LogP contribution is 2.34. The molecule has 0 unspecified atom stereocenters. The van der Waals surface area contributed by atoms with E-state index in [1.807, 2.05) is 0 Å². The lowest BCUT2D eigenvalue weighted by molar-refractivity contribution is -0.382. The van der Waals surface area contributed by atoms with Crippen molar-refractivity contribution in [1.82, 2.24) is 0 Å². The van der Waals surface area contributed by atoms with Crippen molar-refractivity contribution < 1.29 is 4.92 Å². The van der Waals surface area contributed by atoms with E-state index < -0.39 is 4.92 Å². The van der Waals surface area contributed by atoms with Crippen molar-refractivity contribution >= 4 is 22.7 Å². The lowest BCUT2D eigenvalue weighted by Crippen LogP contribution is -2.03. The van der Waals surface area contributed by atoms with Crippen molar-refractivity contribution in [2.45, 2.75) is 0 Å². The third kappa shape index (κ3) is 1.46. The average Bonchev–Trinajstić information content (AvgIpc) is 2.08. The molecule has 0 fully saturated rings. The molecular formula is C7H10N4O2. The second-order valence-electron chi connectivity index (χ2n) is 2.47. The monoisotopic (exact) mass is 182 g/mol. The molecule has 0 amide bonds. The van der Waals surface area contributed by atoms with E-state index in [-0.39, 0.29) is 17.1 Å². The van der Waals surface area contributed by atoms with Crippen LogP contribution in [0.1, 0.15) is 0 Å². The van der Waals surface area contributed by atoms with Crippen molar-refractivity contribution in [3.63, 3.8) is 0 Å². The molecule has 0 aromatic heterocycles. The SMILES string of the molecule is CNc1ccc(N)c(N)c1[N+](=O)[O-]. The van der Waals surface area contributed by atoms with Gasteiger partial charge in [0.1, 0.15) is 11.4 Å².